The molecule has 0 amide bonds. The van der Waals surface area contributed by atoms with Crippen LogP contribution in [0.15, 0.2) is 0 Å². The van der Waals surface area contributed by atoms with Crippen LogP contribution in [-0.2, 0) is 30.2 Å². The van der Waals surface area contributed by atoms with Gasteiger partial charge >= 0.3 is 5.97 Å². The van der Waals surface area contributed by atoms with Gasteiger partial charge in [-0.05, 0) is 13.8 Å². The van der Waals surface area contributed by atoms with Crippen LogP contribution >= 0.6 is 0 Å². The third-order valence-electron chi connectivity index (χ3n) is 2.35. The number of methoxy groups -OCH3 is 1. The predicted octanol–water partition coefficient (Wildman–Crippen LogP) is 0.367. The summed E-state index contributed by atoms with van der Waals surface area (Å²) in [5, 5.41) is -0.461. The molecule has 0 aliphatic rings. The molecule has 2 unspecified atom stereocenters. The second kappa shape index (κ2) is 7.10. The number of carbonyl (C=O) groups excluding carboxylic acids is 1. The summed E-state index contributed by atoms with van der Waals surface area (Å²) in [6, 6.07) is 0. The van der Waals surface area contributed by atoms with Gasteiger partial charge in [-0.1, -0.05) is 6.92 Å². The van der Waals surface area contributed by atoms with E-state index in [-0.39, 0.29) is 17.3 Å². The maximum Gasteiger partial charge on any atom is 0.309 e. The van der Waals surface area contributed by atoms with Crippen molar-refractivity contribution in [1.82, 2.24) is 0 Å². The fourth-order valence-corrected chi connectivity index (χ4v) is 4.08. The molecule has 17 heavy (non-hydrogen) atoms. The van der Waals surface area contributed by atoms with Crippen LogP contribution in [0.4, 0.5) is 0 Å². The third-order valence-corrected chi connectivity index (χ3v) is 6.35. The molecule has 0 spiro atoms. The maximum atomic E-state index is 11.6. The van der Waals surface area contributed by atoms with Crippen molar-refractivity contribution >= 4 is 26.6 Å². The average Bonchev–Trinajstić information content (AvgIpc) is 2.25. The van der Waals surface area contributed by atoms with E-state index in [1.54, 1.807) is 20.8 Å². The molecule has 0 aromatic carbocycles. The number of sulfone groups is 1. The quantitative estimate of drug-likeness (QED) is 0.631. The van der Waals surface area contributed by atoms with Gasteiger partial charge < -0.3 is 4.74 Å². The van der Waals surface area contributed by atoms with Crippen LogP contribution in [0.25, 0.3) is 0 Å². The molecule has 102 valence electrons. The third kappa shape index (κ3) is 6.16. The van der Waals surface area contributed by atoms with Crippen molar-refractivity contribution in [3.8, 4) is 0 Å². The van der Waals surface area contributed by atoms with Crippen LogP contribution in [-0.4, -0.2) is 48.2 Å². The monoisotopic (exact) mass is 284 g/mol. The summed E-state index contributed by atoms with van der Waals surface area (Å²) in [4.78, 5) is 11.1. The lowest BCUT2D eigenvalue weighted by atomic mass is 10.2. The molecule has 0 aliphatic carbocycles. The molecule has 0 bridgehead atoms. The Balaban J connectivity index is 4.18. The molecule has 5 nitrogen and oxygen atoms in total. The summed E-state index contributed by atoms with van der Waals surface area (Å²) in [7, 11) is -3.21. The second-order valence-corrected chi connectivity index (χ2v) is 8.45. The number of carbonyl (C=O) groups is 1. The summed E-state index contributed by atoms with van der Waals surface area (Å²) >= 11 is 0. The standard InChI is InChI=1S/C10H20O5S2/c1-8(2)17(13,14)6-5-16(12)7-9(3)10(11)15-4/h8-9H,5-7H2,1-4H3. The minimum absolute atomic E-state index is 0.0713. The van der Waals surface area contributed by atoms with E-state index in [2.05, 4.69) is 4.74 Å². The first kappa shape index (κ1) is 16.6. The lowest BCUT2D eigenvalue weighted by molar-refractivity contribution is -0.144. The van der Waals surface area contributed by atoms with Crippen LogP contribution in [0.2, 0.25) is 0 Å². The molecule has 0 fully saturated rings. The number of hydrogen-bond acceptors (Lipinski definition) is 5. The van der Waals surface area contributed by atoms with Crippen molar-refractivity contribution < 1.29 is 22.2 Å². The van der Waals surface area contributed by atoms with E-state index in [4.69, 9.17) is 0 Å². The van der Waals surface area contributed by atoms with E-state index in [1.165, 1.54) is 7.11 Å². The fourth-order valence-electron chi connectivity index (χ4n) is 1.08. The molecule has 2 atom stereocenters. The number of hydrogen-bond donors (Lipinski definition) is 0. The largest absolute Gasteiger partial charge is 0.469 e. The van der Waals surface area contributed by atoms with Crippen molar-refractivity contribution in [2.24, 2.45) is 5.92 Å². The highest BCUT2D eigenvalue weighted by Crippen LogP contribution is 2.04. The zero-order chi connectivity index (χ0) is 13.6. The first-order valence-electron chi connectivity index (χ1n) is 5.35. The molecular formula is C10H20O5S2. The van der Waals surface area contributed by atoms with Crippen molar-refractivity contribution in [2.75, 3.05) is 24.4 Å². The van der Waals surface area contributed by atoms with E-state index >= 15 is 0 Å². The highest BCUT2D eigenvalue weighted by atomic mass is 32.2. The number of esters is 1. The van der Waals surface area contributed by atoms with Crippen molar-refractivity contribution in [2.45, 2.75) is 26.0 Å². The Morgan fingerprint density at radius 2 is 1.82 bits per heavy atom. The zero-order valence-electron chi connectivity index (χ0n) is 10.6. The fraction of sp³-hybridized carbons (Fsp3) is 0.900. The summed E-state index contributed by atoms with van der Waals surface area (Å²) in [6.07, 6.45) is 0. The van der Waals surface area contributed by atoms with Crippen LogP contribution < -0.4 is 0 Å². The summed E-state index contributed by atoms with van der Waals surface area (Å²) in [5.41, 5.74) is 0. The Bertz CT molecular complexity index is 372. The SMILES string of the molecule is COC(=O)C(C)CS(=O)CCS(=O)(=O)C(C)C. The van der Waals surface area contributed by atoms with E-state index < -0.39 is 37.8 Å². The highest BCUT2D eigenvalue weighted by molar-refractivity contribution is 7.93. The maximum absolute atomic E-state index is 11.6. The normalized spacial score (nSPS) is 15.6. The predicted molar refractivity (Wildman–Crippen MR) is 68.0 cm³/mol. The highest BCUT2D eigenvalue weighted by Gasteiger charge is 2.20. The minimum atomic E-state index is -3.16. The van der Waals surface area contributed by atoms with Gasteiger partial charge in [0.15, 0.2) is 9.84 Å². The molecule has 7 heteroatoms. The lowest BCUT2D eigenvalue weighted by Gasteiger charge is -2.10. The van der Waals surface area contributed by atoms with E-state index in [0.717, 1.165) is 0 Å². The Kier molecular flexibility index (Phi) is 6.92. The van der Waals surface area contributed by atoms with Gasteiger partial charge in [0.1, 0.15) is 0 Å². The van der Waals surface area contributed by atoms with Crippen LogP contribution in [0, 0.1) is 5.92 Å². The smallest absolute Gasteiger partial charge is 0.309 e. The van der Waals surface area contributed by atoms with E-state index in [0.29, 0.717) is 0 Å². The molecule has 0 rings (SSSR count). The summed E-state index contributed by atoms with van der Waals surface area (Å²) < 4.78 is 39.1. The molecule has 0 saturated carbocycles. The lowest BCUT2D eigenvalue weighted by Crippen LogP contribution is -2.25. The molecule has 0 aromatic rings. The van der Waals surface area contributed by atoms with Gasteiger partial charge in [-0.25, -0.2) is 8.42 Å². The van der Waals surface area contributed by atoms with Gasteiger partial charge in [-0.2, -0.15) is 0 Å². The van der Waals surface area contributed by atoms with Crippen LogP contribution in [0.3, 0.4) is 0 Å². The second-order valence-electron chi connectivity index (χ2n) is 4.15. The van der Waals surface area contributed by atoms with Crippen molar-refractivity contribution in [3.63, 3.8) is 0 Å². The van der Waals surface area contributed by atoms with Crippen molar-refractivity contribution in [3.05, 3.63) is 0 Å². The number of ether oxygens (including phenoxy) is 1. The topological polar surface area (TPSA) is 77.5 Å². The molecule has 0 N–H and O–H groups in total. The first-order chi connectivity index (χ1) is 7.70. The molecule has 0 saturated heterocycles. The summed E-state index contributed by atoms with van der Waals surface area (Å²) in [6.45, 7) is 4.80. The van der Waals surface area contributed by atoms with Gasteiger partial charge in [0.05, 0.1) is 24.0 Å². The minimum Gasteiger partial charge on any atom is -0.469 e. The molecule has 0 heterocycles. The van der Waals surface area contributed by atoms with Gasteiger partial charge in [0.2, 0.25) is 0 Å². The average molecular weight is 284 g/mol. The number of rotatable bonds is 7. The van der Waals surface area contributed by atoms with Gasteiger partial charge in [-0.3, -0.25) is 9.00 Å². The van der Waals surface area contributed by atoms with Gasteiger partial charge in [-0.15, -0.1) is 0 Å². The van der Waals surface area contributed by atoms with Gasteiger partial charge in [0.25, 0.3) is 0 Å². The van der Waals surface area contributed by atoms with Gasteiger partial charge in [0, 0.05) is 22.3 Å². The zero-order valence-corrected chi connectivity index (χ0v) is 12.3. The molecule has 0 aromatic heterocycles. The Labute approximate surface area is 105 Å². The van der Waals surface area contributed by atoms with E-state index in [9.17, 15) is 17.4 Å². The molecule has 0 aliphatic heterocycles. The Morgan fingerprint density at radius 3 is 2.24 bits per heavy atom. The molecule has 0 radical (unpaired) electrons. The Hall–Kier alpha value is -0.430. The Morgan fingerprint density at radius 1 is 1.29 bits per heavy atom. The molecular weight excluding hydrogens is 264 g/mol. The van der Waals surface area contributed by atoms with E-state index in [1.807, 2.05) is 0 Å². The summed E-state index contributed by atoms with van der Waals surface area (Å²) in [5.74, 6) is -0.791. The first-order valence-corrected chi connectivity index (χ1v) is 8.55. The van der Waals surface area contributed by atoms with Crippen LogP contribution in [0.5, 0.6) is 0 Å². The van der Waals surface area contributed by atoms with Crippen LogP contribution in [0.1, 0.15) is 20.8 Å². The van der Waals surface area contributed by atoms with Crippen molar-refractivity contribution in [1.29, 1.82) is 0 Å².